The van der Waals surface area contributed by atoms with Gasteiger partial charge in [-0.05, 0) is 36.4 Å². The first-order valence-corrected chi connectivity index (χ1v) is 9.14. The fourth-order valence-electron chi connectivity index (χ4n) is 2.55. The molecule has 0 saturated carbocycles. The van der Waals surface area contributed by atoms with E-state index in [2.05, 4.69) is 10.3 Å². The molecule has 1 aliphatic rings. The van der Waals surface area contributed by atoms with Gasteiger partial charge in [-0.3, -0.25) is 9.78 Å². The van der Waals surface area contributed by atoms with E-state index in [1.807, 2.05) is 42.5 Å². The van der Waals surface area contributed by atoms with E-state index in [1.54, 1.807) is 42.4 Å². The predicted octanol–water partition coefficient (Wildman–Crippen LogP) is 4.37. The van der Waals surface area contributed by atoms with Gasteiger partial charge in [0, 0.05) is 34.8 Å². The average Bonchev–Trinajstić information content (AvgIpc) is 2.68. The molecule has 0 aliphatic carbocycles. The summed E-state index contributed by atoms with van der Waals surface area (Å²) < 4.78 is 11.6. The van der Waals surface area contributed by atoms with Crippen molar-refractivity contribution in [2.45, 2.75) is 11.0 Å². The Labute approximate surface area is 155 Å². The fraction of sp³-hybridized carbons (Fsp3) is 0.100. The molecule has 130 valence electrons. The van der Waals surface area contributed by atoms with E-state index in [4.69, 9.17) is 9.47 Å². The maximum Gasteiger partial charge on any atom is 0.266 e. The van der Waals surface area contributed by atoms with E-state index in [1.165, 1.54) is 0 Å². The van der Waals surface area contributed by atoms with Gasteiger partial charge in [-0.25, -0.2) is 0 Å². The van der Waals surface area contributed by atoms with Gasteiger partial charge in [0.15, 0.2) is 6.10 Å². The molecule has 1 aliphatic heterocycles. The van der Waals surface area contributed by atoms with Crippen LogP contribution in [-0.4, -0.2) is 22.7 Å². The molecular formula is C20H16N2O3S. The number of nitrogens with one attached hydrogen (secondary N) is 1. The molecule has 1 aromatic heterocycles. The minimum atomic E-state index is -0.528. The van der Waals surface area contributed by atoms with Crippen molar-refractivity contribution in [3.8, 4) is 17.2 Å². The monoisotopic (exact) mass is 364 g/mol. The van der Waals surface area contributed by atoms with E-state index in [0.29, 0.717) is 22.9 Å². The molecule has 0 bridgehead atoms. The maximum atomic E-state index is 12.5. The molecule has 6 heteroatoms. The number of thioether (sulfide) groups is 1. The molecule has 0 spiro atoms. The first kappa shape index (κ1) is 16.5. The SMILES string of the molecule is O=C(Nc1cccc(Oc2ccncc2)c1)C1CSc2ccccc2O1. The topological polar surface area (TPSA) is 60.5 Å². The Morgan fingerprint density at radius 2 is 1.92 bits per heavy atom. The predicted molar refractivity (Wildman–Crippen MR) is 101 cm³/mol. The zero-order valence-corrected chi connectivity index (χ0v) is 14.6. The number of rotatable bonds is 4. The highest BCUT2D eigenvalue weighted by molar-refractivity contribution is 7.99. The lowest BCUT2D eigenvalue weighted by molar-refractivity contribution is -0.122. The number of hydrogen-bond acceptors (Lipinski definition) is 5. The Kier molecular flexibility index (Phi) is 4.75. The molecule has 2 aromatic carbocycles. The van der Waals surface area contributed by atoms with Gasteiger partial charge < -0.3 is 14.8 Å². The van der Waals surface area contributed by atoms with E-state index in [0.717, 1.165) is 10.6 Å². The van der Waals surface area contributed by atoms with Crippen LogP contribution >= 0.6 is 11.8 Å². The molecule has 3 aromatic rings. The van der Waals surface area contributed by atoms with Crippen molar-refractivity contribution in [2.75, 3.05) is 11.1 Å². The van der Waals surface area contributed by atoms with Crippen LogP contribution in [0.4, 0.5) is 5.69 Å². The van der Waals surface area contributed by atoms with E-state index >= 15 is 0 Å². The number of aromatic nitrogens is 1. The third-order valence-electron chi connectivity index (χ3n) is 3.79. The molecule has 1 atom stereocenters. The number of carbonyl (C=O) groups excluding carboxylic acids is 1. The highest BCUT2D eigenvalue weighted by Crippen LogP contribution is 2.35. The second-order valence-electron chi connectivity index (χ2n) is 5.67. The lowest BCUT2D eigenvalue weighted by Gasteiger charge is -2.24. The lowest BCUT2D eigenvalue weighted by atomic mass is 10.2. The van der Waals surface area contributed by atoms with Gasteiger partial charge in [0.05, 0.1) is 0 Å². The molecule has 1 N–H and O–H groups in total. The van der Waals surface area contributed by atoms with Crippen molar-refractivity contribution < 1.29 is 14.3 Å². The summed E-state index contributed by atoms with van der Waals surface area (Å²) in [5.41, 5.74) is 0.661. The van der Waals surface area contributed by atoms with Gasteiger partial charge in [-0.2, -0.15) is 0 Å². The molecule has 5 nitrogen and oxygen atoms in total. The Morgan fingerprint density at radius 1 is 1.08 bits per heavy atom. The number of nitrogens with zero attached hydrogens (tertiary/aromatic N) is 1. The van der Waals surface area contributed by atoms with Gasteiger partial charge in [0.25, 0.3) is 5.91 Å². The van der Waals surface area contributed by atoms with Gasteiger partial charge >= 0.3 is 0 Å². The first-order valence-electron chi connectivity index (χ1n) is 8.15. The smallest absolute Gasteiger partial charge is 0.266 e. The van der Waals surface area contributed by atoms with Crippen LogP contribution in [0.2, 0.25) is 0 Å². The van der Waals surface area contributed by atoms with Crippen LogP contribution in [0, 0.1) is 0 Å². The number of fused-ring (bicyclic) bond motifs is 1. The van der Waals surface area contributed by atoms with E-state index < -0.39 is 6.10 Å². The fourth-order valence-corrected chi connectivity index (χ4v) is 3.53. The van der Waals surface area contributed by atoms with Gasteiger partial charge in [-0.1, -0.05) is 18.2 Å². The summed E-state index contributed by atoms with van der Waals surface area (Å²) in [5.74, 6) is 2.48. The molecule has 4 rings (SSSR count). The third-order valence-corrected chi connectivity index (χ3v) is 4.91. The van der Waals surface area contributed by atoms with Crippen molar-refractivity contribution in [3.63, 3.8) is 0 Å². The van der Waals surface area contributed by atoms with Crippen molar-refractivity contribution in [2.24, 2.45) is 0 Å². The second kappa shape index (κ2) is 7.49. The molecule has 0 radical (unpaired) electrons. The highest BCUT2D eigenvalue weighted by Gasteiger charge is 2.26. The van der Waals surface area contributed by atoms with Crippen LogP contribution in [0.15, 0.2) is 78.0 Å². The average molecular weight is 364 g/mol. The molecule has 0 saturated heterocycles. The lowest BCUT2D eigenvalue weighted by Crippen LogP contribution is -2.36. The molecule has 0 fully saturated rings. The summed E-state index contributed by atoms with van der Waals surface area (Å²) >= 11 is 1.62. The van der Waals surface area contributed by atoms with Gasteiger partial charge in [0.2, 0.25) is 0 Å². The number of benzene rings is 2. The normalized spacial score (nSPS) is 15.5. The van der Waals surface area contributed by atoms with E-state index in [9.17, 15) is 4.79 Å². The third kappa shape index (κ3) is 3.81. The van der Waals surface area contributed by atoms with Gasteiger partial charge in [-0.15, -0.1) is 11.8 Å². The standard InChI is InChI=1S/C20H16N2O3S/c23-20(18-13-26-19-7-2-1-6-17(19)25-18)22-14-4-3-5-16(12-14)24-15-8-10-21-11-9-15/h1-12,18H,13H2,(H,22,23). The molecule has 1 unspecified atom stereocenters. The van der Waals surface area contributed by atoms with Crippen LogP contribution in [0.1, 0.15) is 0 Å². The summed E-state index contributed by atoms with van der Waals surface area (Å²) in [6.45, 7) is 0. The minimum absolute atomic E-state index is 0.173. The highest BCUT2D eigenvalue weighted by atomic mass is 32.2. The Balaban J connectivity index is 1.43. The minimum Gasteiger partial charge on any atom is -0.479 e. The number of carbonyl (C=O) groups is 1. The summed E-state index contributed by atoms with van der Waals surface area (Å²) in [4.78, 5) is 17.6. The number of pyridine rings is 1. The van der Waals surface area contributed by atoms with Crippen LogP contribution in [0.25, 0.3) is 0 Å². The summed E-state index contributed by atoms with van der Waals surface area (Å²) in [6, 6.07) is 18.6. The number of para-hydroxylation sites is 1. The van der Waals surface area contributed by atoms with E-state index in [-0.39, 0.29) is 5.91 Å². The summed E-state index contributed by atoms with van der Waals surface area (Å²) in [6.07, 6.45) is 2.80. The second-order valence-corrected chi connectivity index (χ2v) is 6.73. The van der Waals surface area contributed by atoms with Crippen molar-refractivity contribution in [1.29, 1.82) is 0 Å². The zero-order valence-electron chi connectivity index (χ0n) is 13.8. The number of ether oxygens (including phenoxy) is 2. The van der Waals surface area contributed by atoms with Crippen LogP contribution in [0.3, 0.4) is 0 Å². The molecule has 26 heavy (non-hydrogen) atoms. The summed E-state index contributed by atoms with van der Waals surface area (Å²) in [7, 11) is 0. The van der Waals surface area contributed by atoms with Gasteiger partial charge in [0.1, 0.15) is 17.2 Å². The zero-order chi connectivity index (χ0) is 17.8. The van der Waals surface area contributed by atoms with Crippen LogP contribution in [0.5, 0.6) is 17.2 Å². The number of hydrogen-bond donors (Lipinski definition) is 1. The van der Waals surface area contributed by atoms with Crippen molar-refractivity contribution in [3.05, 3.63) is 73.1 Å². The molecule has 2 heterocycles. The quantitative estimate of drug-likeness (QED) is 0.745. The maximum absolute atomic E-state index is 12.5. The molecule has 1 amide bonds. The Bertz CT molecular complexity index is 918. The van der Waals surface area contributed by atoms with Crippen LogP contribution < -0.4 is 14.8 Å². The first-order chi connectivity index (χ1) is 12.8. The Hall–Kier alpha value is -2.99. The molecular weight excluding hydrogens is 348 g/mol. The summed E-state index contributed by atoms with van der Waals surface area (Å²) in [5, 5.41) is 2.90. The Morgan fingerprint density at radius 3 is 2.81 bits per heavy atom. The number of amides is 1. The largest absolute Gasteiger partial charge is 0.479 e. The number of anilines is 1. The van der Waals surface area contributed by atoms with Crippen LogP contribution in [-0.2, 0) is 4.79 Å². The van der Waals surface area contributed by atoms with Crippen molar-refractivity contribution >= 4 is 23.4 Å². The van der Waals surface area contributed by atoms with Crippen molar-refractivity contribution in [1.82, 2.24) is 4.98 Å².